The average molecular weight is 205 g/mol. The lowest BCUT2D eigenvalue weighted by Crippen LogP contribution is -2.46. The lowest BCUT2D eigenvalue weighted by Gasteiger charge is -2.36. The predicted molar refractivity (Wildman–Crippen MR) is 44.9 cm³/mol. The normalized spacial score (nSPS) is 31.6. The van der Waals surface area contributed by atoms with E-state index in [9.17, 15) is 18.7 Å². The van der Waals surface area contributed by atoms with E-state index in [-0.39, 0.29) is 18.7 Å². The summed E-state index contributed by atoms with van der Waals surface area (Å²) in [6, 6.07) is 0. The third-order valence-electron chi connectivity index (χ3n) is 2.91. The maximum atomic E-state index is 12.5. The van der Waals surface area contributed by atoms with Crippen LogP contribution in [0.2, 0.25) is 0 Å². The zero-order valence-electron chi connectivity index (χ0n) is 7.75. The van der Waals surface area contributed by atoms with E-state index >= 15 is 0 Å². The van der Waals surface area contributed by atoms with Crippen molar-refractivity contribution in [1.82, 2.24) is 4.90 Å². The highest BCUT2D eigenvalue weighted by molar-refractivity contribution is 5.80. The van der Waals surface area contributed by atoms with Gasteiger partial charge in [0.1, 0.15) is 0 Å². The second kappa shape index (κ2) is 3.15. The van der Waals surface area contributed by atoms with E-state index in [1.54, 1.807) is 0 Å². The van der Waals surface area contributed by atoms with E-state index in [0.29, 0.717) is 19.5 Å². The van der Waals surface area contributed by atoms with E-state index in [2.05, 4.69) is 0 Å². The Morgan fingerprint density at radius 3 is 2.50 bits per heavy atom. The molecule has 2 aliphatic rings. The number of likely N-dealkylation sites (tertiary alicyclic amines) is 1. The van der Waals surface area contributed by atoms with Gasteiger partial charge in [-0.25, -0.2) is 8.78 Å². The predicted octanol–water partition coefficient (Wildman–Crippen LogP) is 0.625. The minimum absolute atomic E-state index is 0.215. The highest BCUT2D eigenvalue weighted by atomic mass is 19.3. The Morgan fingerprint density at radius 2 is 2.07 bits per heavy atom. The summed E-state index contributed by atoms with van der Waals surface area (Å²) in [5.74, 6) is -3.37. The molecule has 0 spiro atoms. The van der Waals surface area contributed by atoms with Gasteiger partial charge in [0, 0.05) is 31.8 Å². The summed E-state index contributed by atoms with van der Waals surface area (Å²) in [6.45, 7) is 0.809. The molecule has 1 aliphatic carbocycles. The Hall–Kier alpha value is -0.710. The zero-order chi connectivity index (χ0) is 10.3. The van der Waals surface area contributed by atoms with Gasteiger partial charge in [-0.15, -0.1) is 0 Å². The Morgan fingerprint density at radius 1 is 1.43 bits per heavy atom. The van der Waals surface area contributed by atoms with Gasteiger partial charge in [-0.05, 0) is 6.42 Å². The number of rotatable bonds is 1. The Kier molecular flexibility index (Phi) is 2.21. The first kappa shape index (κ1) is 9.83. The molecule has 2 fully saturated rings. The van der Waals surface area contributed by atoms with Crippen LogP contribution in [-0.4, -0.2) is 41.0 Å². The molecule has 1 saturated carbocycles. The van der Waals surface area contributed by atoms with Crippen LogP contribution in [0.4, 0.5) is 8.78 Å². The fraction of sp³-hybridized carbons (Fsp3) is 0.889. The van der Waals surface area contributed by atoms with Crippen molar-refractivity contribution in [2.45, 2.75) is 31.3 Å². The molecule has 1 unspecified atom stereocenters. The van der Waals surface area contributed by atoms with Crippen molar-refractivity contribution in [3.05, 3.63) is 0 Å². The van der Waals surface area contributed by atoms with Crippen LogP contribution in [0, 0.1) is 5.92 Å². The number of β-amino-alcohol motifs (C(OH)–C–C–N with tert-alkyl or cyclic N) is 1. The van der Waals surface area contributed by atoms with Crippen LogP contribution in [0.25, 0.3) is 0 Å². The number of alkyl halides is 2. The third kappa shape index (κ3) is 1.73. The van der Waals surface area contributed by atoms with Crippen molar-refractivity contribution in [1.29, 1.82) is 0 Å². The van der Waals surface area contributed by atoms with E-state index in [1.165, 1.54) is 4.90 Å². The first-order chi connectivity index (χ1) is 6.48. The Labute approximate surface area is 80.7 Å². The minimum Gasteiger partial charge on any atom is -0.391 e. The molecule has 0 bridgehead atoms. The number of aliphatic hydroxyl groups is 1. The van der Waals surface area contributed by atoms with E-state index in [1.807, 2.05) is 0 Å². The molecule has 0 aromatic carbocycles. The van der Waals surface area contributed by atoms with Crippen LogP contribution in [0.15, 0.2) is 0 Å². The number of aliphatic hydroxyl groups excluding tert-OH is 1. The van der Waals surface area contributed by atoms with Crippen LogP contribution in [-0.2, 0) is 4.79 Å². The molecular weight excluding hydrogens is 192 g/mol. The summed E-state index contributed by atoms with van der Waals surface area (Å²) in [6.07, 6.45) is -0.550. The first-order valence-electron chi connectivity index (χ1n) is 4.83. The second-order valence-corrected chi connectivity index (χ2v) is 4.19. The van der Waals surface area contributed by atoms with Crippen molar-refractivity contribution >= 4 is 5.91 Å². The number of amides is 1. The number of hydrogen-bond acceptors (Lipinski definition) is 2. The number of carbonyl (C=O) groups excluding carboxylic acids is 1. The lowest BCUT2D eigenvalue weighted by atomic mass is 9.80. The van der Waals surface area contributed by atoms with Crippen LogP contribution in [0.3, 0.4) is 0 Å². The molecular formula is C9H13F2NO2. The molecule has 1 atom stereocenters. The van der Waals surface area contributed by atoms with Gasteiger partial charge in [-0.1, -0.05) is 0 Å². The van der Waals surface area contributed by atoms with Gasteiger partial charge in [-0.2, -0.15) is 0 Å². The van der Waals surface area contributed by atoms with Crippen molar-refractivity contribution in [3.63, 3.8) is 0 Å². The second-order valence-electron chi connectivity index (χ2n) is 4.19. The van der Waals surface area contributed by atoms with E-state index in [4.69, 9.17) is 0 Å². The maximum absolute atomic E-state index is 12.5. The third-order valence-corrected chi connectivity index (χ3v) is 2.91. The molecule has 0 radical (unpaired) electrons. The molecule has 1 amide bonds. The number of nitrogens with zero attached hydrogens (tertiary/aromatic N) is 1. The molecule has 0 aromatic rings. The van der Waals surface area contributed by atoms with Crippen molar-refractivity contribution in [2.24, 2.45) is 5.92 Å². The molecule has 1 heterocycles. The molecule has 2 rings (SSSR count). The van der Waals surface area contributed by atoms with E-state index in [0.717, 1.165) is 0 Å². The summed E-state index contributed by atoms with van der Waals surface area (Å²) in [5.41, 5.74) is 0. The molecule has 5 heteroatoms. The lowest BCUT2D eigenvalue weighted by molar-refractivity contribution is -0.159. The fourth-order valence-corrected chi connectivity index (χ4v) is 2.04. The fourth-order valence-electron chi connectivity index (χ4n) is 2.04. The standard InChI is InChI=1S/C9H13F2NO2/c10-9(11)3-6(4-9)8(14)12-2-1-7(13)5-12/h6-7,13H,1-5H2. The molecule has 1 saturated heterocycles. The average Bonchev–Trinajstić information content (AvgIpc) is 2.46. The van der Waals surface area contributed by atoms with Crippen LogP contribution in [0.5, 0.6) is 0 Å². The van der Waals surface area contributed by atoms with Crippen LogP contribution in [0.1, 0.15) is 19.3 Å². The van der Waals surface area contributed by atoms with Gasteiger partial charge in [0.2, 0.25) is 11.8 Å². The van der Waals surface area contributed by atoms with Gasteiger partial charge in [0.25, 0.3) is 0 Å². The first-order valence-corrected chi connectivity index (χ1v) is 4.83. The molecule has 14 heavy (non-hydrogen) atoms. The SMILES string of the molecule is O=C(C1CC(F)(F)C1)N1CCC(O)C1. The number of carbonyl (C=O) groups is 1. The zero-order valence-corrected chi connectivity index (χ0v) is 7.75. The Bertz CT molecular complexity index is 249. The van der Waals surface area contributed by atoms with E-state index < -0.39 is 17.9 Å². The highest BCUT2D eigenvalue weighted by Gasteiger charge is 2.50. The van der Waals surface area contributed by atoms with Gasteiger partial charge < -0.3 is 10.0 Å². The van der Waals surface area contributed by atoms with Gasteiger partial charge in [0.05, 0.1) is 6.10 Å². The monoisotopic (exact) mass is 205 g/mol. The molecule has 0 aromatic heterocycles. The quantitative estimate of drug-likeness (QED) is 0.682. The van der Waals surface area contributed by atoms with Crippen molar-refractivity contribution in [3.8, 4) is 0 Å². The summed E-state index contributed by atoms with van der Waals surface area (Å²) in [5, 5.41) is 9.18. The smallest absolute Gasteiger partial charge is 0.249 e. The largest absolute Gasteiger partial charge is 0.391 e. The highest BCUT2D eigenvalue weighted by Crippen LogP contribution is 2.43. The van der Waals surface area contributed by atoms with Gasteiger partial charge >= 0.3 is 0 Å². The summed E-state index contributed by atoms with van der Waals surface area (Å²) in [7, 11) is 0. The van der Waals surface area contributed by atoms with Crippen LogP contribution >= 0.6 is 0 Å². The van der Waals surface area contributed by atoms with Crippen LogP contribution < -0.4 is 0 Å². The Balaban J connectivity index is 1.85. The summed E-state index contributed by atoms with van der Waals surface area (Å²) in [4.78, 5) is 13.0. The molecule has 3 nitrogen and oxygen atoms in total. The summed E-state index contributed by atoms with van der Waals surface area (Å²) < 4.78 is 25.0. The topological polar surface area (TPSA) is 40.5 Å². The minimum atomic E-state index is -2.64. The van der Waals surface area contributed by atoms with Gasteiger partial charge in [-0.3, -0.25) is 4.79 Å². The summed E-state index contributed by atoms with van der Waals surface area (Å²) >= 11 is 0. The van der Waals surface area contributed by atoms with Crippen molar-refractivity contribution in [2.75, 3.05) is 13.1 Å². The number of halogens is 2. The number of hydrogen-bond donors (Lipinski definition) is 1. The molecule has 80 valence electrons. The molecule has 1 aliphatic heterocycles. The van der Waals surface area contributed by atoms with Gasteiger partial charge in [0.15, 0.2) is 0 Å². The molecule has 1 N–H and O–H groups in total. The maximum Gasteiger partial charge on any atom is 0.249 e. The van der Waals surface area contributed by atoms with Crippen molar-refractivity contribution < 1.29 is 18.7 Å².